The fourth-order valence-electron chi connectivity index (χ4n) is 1.40. The van der Waals surface area contributed by atoms with Crippen molar-refractivity contribution in [3.8, 4) is 11.5 Å². The Bertz CT molecular complexity index is 447. The van der Waals surface area contributed by atoms with Crippen LogP contribution in [0.2, 0.25) is 0 Å². The van der Waals surface area contributed by atoms with E-state index in [4.69, 9.17) is 13.9 Å². The molecule has 80 valence electrons. The number of hydrogen-bond acceptors (Lipinski definition) is 4. The van der Waals surface area contributed by atoms with Crippen LogP contribution in [0.4, 0.5) is 0 Å². The van der Waals surface area contributed by atoms with Gasteiger partial charge in [0.15, 0.2) is 5.75 Å². The van der Waals surface area contributed by atoms with E-state index in [2.05, 4.69) is 0 Å². The fourth-order valence-corrected chi connectivity index (χ4v) is 1.40. The summed E-state index contributed by atoms with van der Waals surface area (Å²) < 4.78 is 15.5. The molecule has 2 aromatic rings. The minimum Gasteiger partial charge on any atom is -0.504 e. The molecule has 0 radical (unpaired) electrons. The second-order valence-corrected chi connectivity index (χ2v) is 3.09. The maximum absolute atomic E-state index is 9.54. The van der Waals surface area contributed by atoms with Crippen molar-refractivity contribution >= 4 is 11.0 Å². The molecule has 15 heavy (non-hydrogen) atoms. The molecule has 0 amide bonds. The maximum atomic E-state index is 9.54. The average Bonchev–Trinajstić information content (AvgIpc) is 2.62. The minimum atomic E-state index is 0.0954. The van der Waals surface area contributed by atoms with Gasteiger partial charge in [0.05, 0.1) is 6.61 Å². The quantitative estimate of drug-likeness (QED) is 0.782. The summed E-state index contributed by atoms with van der Waals surface area (Å²) in [4.78, 5) is 0. The standard InChI is InChI=1S/C11H12O4/c1-13-5-6-14-9-3-2-4-10-11(9)8(12)7-15-10/h2-4,7,12H,5-6H2,1H3. The van der Waals surface area contributed by atoms with Crippen LogP contribution in [0.15, 0.2) is 28.9 Å². The first-order valence-corrected chi connectivity index (χ1v) is 4.64. The SMILES string of the molecule is COCCOc1cccc2occ(O)c12. The molecule has 0 aliphatic carbocycles. The number of benzene rings is 1. The number of rotatable bonds is 4. The van der Waals surface area contributed by atoms with E-state index in [1.54, 1.807) is 19.2 Å². The summed E-state index contributed by atoms with van der Waals surface area (Å²) in [6, 6.07) is 5.37. The molecule has 2 rings (SSSR count). The molecule has 1 aromatic heterocycles. The molecule has 0 bridgehead atoms. The molecule has 0 aliphatic heterocycles. The van der Waals surface area contributed by atoms with Gasteiger partial charge in [-0.3, -0.25) is 0 Å². The zero-order chi connectivity index (χ0) is 10.7. The van der Waals surface area contributed by atoms with E-state index in [1.165, 1.54) is 6.26 Å². The molecule has 0 fully saturated rings. The highest BCUT2D eigenvalue weighted by Gasteiger charge is 2.09. The van der Waals surface area contributed by atoms with E-state index in [9.17, 15) is 5.11 Å². The van der Waals surface area contributed by atoms with Crippen LogP contribution < -0.4 is 4.74 Å². The number of hydrogen-bond donors (Lipinski definition) is 1. The molecule has 0 saturated carbocycles. The molecular weight excluding hydrogens is 196 g/mol. The van der Waals surface area contributed by atoms with E-state index in [1.807, 2.05) is 6.07 Å². The zero-order valence-electron chi connectivity index (χ0n) is 8.40. The highest BCUT2D eigenvalue weighted by atomic mass is 16.5. The summed E-state index contributed by atoms with van der Waals surface area (Å²) in [5.41, 5.74) is 0.613. The van der Waals surface area contributed by atoms with Crippen LogP contribution >= 0.6 is 0 Å². The third-order valence-electron chi connectivity index (χ3n) is 2.09. The third kappa shape index (κ3) is 1.89. The first-order valence-electron chi connectivity index (χ1n) is 4.64. The van der Waals surface area contributed by atoms with Gasteiger partial charge in [-0.15, -0.1) is 0 Å². The van der Waals surface area contributed by atoms with Crippen LogP contribution in [0, 0.1) is 0 Å². The second-order valence-electron chi connectivity index (χ2n) is 3.09. The highest BCUT2D eigenvalue weighted by Crippen LogP contribution is 2.34. The first-order chi connectivity index (χ1) is 7.33. The van der Waals surface area contributed by atoms with Gasteiger partial charge in [0.1, 0.15) is 29.6 Å². The Kier molecular flexibility index (Phi) is 2.78. The molecule has 0 unspecified atom stereocenters. The number of fused-ring (bicyclic) bond motifs is 1. The third-order valence-corrected chi connectivity index (χ3v) is 2.09. The summed E-state index contributed by atoms with van der Waals surface area (Å²) in [5, 5.41) is 10.1. The van der Waals surface area contributed by atoms with Crippen molar-refractivity contribution in [2.75, 3.05) is 20.3 Å². The van der Waals surface area contributed by atoms with Gasteiger partial charge in [0.2, 0.25) is 0 Å². The van der Waals surface area contributed by atoms with Gasteiger partial charge in [0.25, 0.3) is 0 Å². The molecule has 4 nitrogen and oxygen atoms in total. The lowest BCUT2D eigenvalue weighted by Crippen LogP contribution is -2.04. The number of methoxy groups -OCH3 is 1. The minimum absolute atomic E-state index is 0.0954. The Balaban J connectivity index is 2.29. The number of ether oxygens (including phenoxy) is 2. The Hall–Kier alpha value is -1.68. The largest absolute Gasteiger partial charge is 0.504 e. The van der Waals surface area contributed by atoms with Crippen molar-refractivity contribution in [2.45, 2.75) is 0 Å². The highest BCUT2D eigenvalue weighted by molar-refractivity contribution is 5.89. The van der Waals surface area contributed by atoms with Gasteiger partial charge in [-0.2, -0.15) is 0 Å². The lowest BCUT2D eigenvalue weighted by molar-refractivity contribution is 0.147. The summed E-state index contributed by atoms with van der Waals surface area (Å²) in [6.07, 6.45) is 1.30. The molecule has 1 aromatic carbocycles. The molecule has 0 aliphatic rings. The van der Waals surface area contributed by atoms with Crippen molar-refractivity contribution in [2.24, 2.45) is 0 Å². The van der Waals surface area contributed by atoms with Crippen LogP contribution in [0.5, 0.6) is 11.5 Å². The van der Waals surface area contributed by atoms with Gasteiger partial charge in [-0.25, -0.2) is 0 Å². The predicted octanol–water partition coefficient (Wildman–Crippen LogP) is 2.16. The van der Waals surface area contributed by atoms with Crippen molar-refractivity contribution in [3.63, 3.8) is 0 Å². The predicted molar refractivity (Wildman–Crippen MR) is 55.2 cm³/mol. The normalized spacial score (nSPS) is 10.7. The Morgan fingerprint density at radius 3 is 3.00 bits per heavy atom. The van der Waals surface area contributed by atoms with Crippen LogP contribution in [-0.4, -0.2) is 25.4 Å². The van der Waals surface area contributed by atoms with Crippen LogP contribution in [0.3, 0.4) is 0 Å². The summed E-state index contributed by atoms with van der Waals surface area (Å²) in [5.74, 6) is 0.703. The van der Waals surface area contributed by atoms with Gasteiger partial charge >= 0.3 is 0 Å². The molecule has 0 atom stereocenters. The Morgan fingerprint density at radius 1 is 1.33 bits per heavy atom. The van der Waals surface area contributed by atoms with Gasteiger partial charge in [-0.05, 0) is 12.1 Å². The van der Waals surface area contributed by atoms with Crippen molar-refractivity contribution in [3.05, 3.63) is 24.5 Å². The molecular formula is C11H12O4. The van der Waals surface area contributed by atoms with Gasteiger partial charge < -0.3 is 19.0 Å². The topological polar surface area (TPSA) is 51.8 Å². The second kappa shape index (κ2) is 4.23. The molecule has 1 N–H and O–H groups in total. The lowest BCUT2D eigenvalue weighted by Gasteiger charge is -2.05. The average molecular weight is 208 g/mol. The van der Waals surface area contributed by atoms with Crippen LogP contribution in [0.25, 0.3) is 11.0 Å². The maximum Gasteiger partial charge on any atom is 0.165 e. The number of aromatic hydroxyl groups is 1. The smallest absolute Gasteiger partial charge is 0.165 e. The van der Waals surface area contributed by atoms with Gasteiger partial charge in [0, 0.05) is 7.11 Å². The van der Waals surface area contributed by atoms with E-state index in [0.717, 1.165) is 0 Å². The van der Waals surface area contributed by atoms with Crippen molar-refractivity contribution in [1.82, 2.24) is 0 Å². The van der Waals surface area contributed by atoms with E-state index < -0.39 is 0 Å². The number of furan rings is 1. The van der Waals surface area contributed by atoms with Gasteiger partial charge in [-0.1, -0.05) is 6.07 Å². The molecule has 4 heteroatoms. The summed E-state index contributed by atoms with van der Waals surface area (Å²) >= 11 is 0. The molecule has 0 spiro atoms. The Labute approximate surface area is 87.0 Å². The lowest BCUT2D eigenvalue weighted by atomic mass is 10.2. The summed E-state index contributed by atoms with van der Waals surface area (Å²) in [6.45, 7) is 0.954. The van der Waals surface area contributed by atoms with E-state index >= 15 is 0 Å². The first kappa shape index (κ1) is 9.86. The summed E-state index contributed by atoms with van der Waals surface area (Å²) in [7, 11) is 1.61. The van der Waals surface area contributed by atoms with E-state index in [-0.39, 0.29) is 5.75 Å². The monoisotopic (exact) mass is 208 g/mol. The van der Waals surface area contributed by atoms with Crippen LogP contribution in [0.1, 0.15) is 0 Å². The van der Waals surface area contributed by atoms with Crippen molar-refractivity contribution < 1.29 is 19.0 Å². The Morgan fingerprint density at radius 2 is 2.20 bits per heavy atom. The van der Waals surface area contributed by atoms with E-state index in [0.29, 0.717) is 29.9 Å². The zero-order valence-corrected chi connectivity index (χ0v) is 8.40. The van der Waals surface area contributed by atoms with Crippen molar-refractivity contribution in [1.29, 1.82) is 0 Å². The molecule has 1 heterocycles. The molecule has 0 saturated heterocycles. The fraction of sp³-hybridized carbons (Fsp3) is 0.273. The van der Waals surface area contributed by atoms with Crippen LogP contribution in [-0.2, 0) is 4.74 Å².